The second kappa shape index (κ2) is 6.24. The van der Waals surface area contributed by atoms with Crippen molar-refractivity contribution in [3.05, 3.63) is 0 Å². The van der Waals surface area contributed by atoms with Crippen molar-refractivity contribution in [3.8, 4) is 0 Å². The van der Waals surface area contributed by atoms with Crippen LogP contribution in [-0.4, -0.2) is 56.4 Å². The lowest BCUT2D eigenvalue weighted by atomic mass is 9.96. The molecular weight excluding hydrogens is 288 g/mol. The van der Waals surface area contributed by atoms with Gasteiger partial charge in [-0.2, -0.15) is 0 Å². The molecule has 0 aromatic rings. The van der Waals surface area contributed by atoms with Crippen LogP contribution in [0.15, 0.2) is 0 Å². The summed E-state index contributed by atoms with van der Waals surface area (Å²) in [5.74, 6) is 1.34. The number of hydrogen-bond donors (Lipinski definition) is 1. The molecule has 120 valence electrons. The molecule has 1 aliphatic carbocycles. The summed E-state index contributed by atoms with van der Waals surface area (Å²) in [6, 6.07) is 0.436. The minimum absolute atomic E-state index is 0.0526. The number of amides is 1. The van der Waals surface area contributed by atoms with E-state index in [1.165, 1.54) is 0 Å². The third-order valence-electron chi connectivity index (χ3n) is 5.01. The third-order valence-corrected chi connectivity index (χ3v) is 6.85. The average molecular weight is 314 g/mol. The summed E-state index contributed by atoms with van der Waals surface area (Å²) in [5, 5.41) is 3.36. The maximum atomic E-state index is 12.6. The molecule has 1 unspecified atom stereocenters. The molecule has 21 heavy (non-hydrogen) atoms. The van der Waals surface area contributed by atoms with Gasteiger partial charge >= 0.3 is 0 Å². The first-order valence-corrected chi connectivity index (χ1v) is 10.1. The summed E-state index contributed by atoms with van der Waals surface area (Å²) in [6.45, 7) is 2.99. The van der Waals surface area contributed by atoms with E-state index in [4.69, 9.17) is 0 Å². The summed E-state index contributed by atoms with van der Waals surface area (Å²) in [4.78, 5) is 14.7. The van der Waals surface area contributed by atoms with Gasteiger partial charge in [-0.15, -0.1) is 0 Å². The van der Waals surface area contributed by atoms with Crippen LogP contribution in [0.25, 0.3) is 0 Å². The number of nitrogens with zero attached hydrogens (tertiary/aromatic N) is 1. The molecule has 6 heteroatoms. The molecule has 1 N–H and O–H groups in total. The van der Waals surface area contributed by atoms with E-state index in [9.17, 15) is 13.2 Å². The summed E-state index contributed by atoms with van der Waals surface area (Å²) in [7, 11) is -2.88. The van der Waals surface area contributed by atoms with Crippen LogP contribution in [0.2, 0.25) is 0 Å². The number of carbonyl (C=O) groups is 1. The molecular formula is C15H26N2O3S. The lowest BCUT2D eigenvalue weighted by Gasteiger charge is -2.31. The lowest BCUT2D eigenvalue weighted by molar-refractivity contribution is -0.133. The maximum absolute atomic E-state index is 12.6. The second-order valence-corrected chi connectivity index (χ2v) is 9.17. The van der Waals surface area contributed by atoms with Crippen molar-refractivity contribution in [3.63, 3.8) is 0 Å². The molecule has 2 heterocycles. The van der Waals surface area contributed by atoms with Crippen molar-refractivity contribution >= 4 is 15.7 Å². The van der Waals surface area contributed by atoms with Gasteiger partial charge in [0.1, 0.15) is 0 Å². The Hall–Kier alpha value is -0.620. The number of nitrogens with one attached hydrogen (secondary N) is 1. The Morgan fingerprint density at radius 1 is 1.05 bits per heavy atom. The molecule has 3 rings (SSSR count). The highest BCUT2D eigenvalue weighted by Crippen LogP contribution is 2.31. The van der Waals surface area contributed by atoms with Gasteiger partial charge in [0.05, 0.1) is 11.5 Å². The Morgan fingerprint density at radius 2 is 1.76 bits per heavy atom. The standard InChI is InChI=1S/C15H26N2O3S/c18-15(9-13-5-8-21(19,20)11-13)17(14-1-2-14)10-12-3-6-16-7-4-12/h12-14,16H,1-11H2. The Balaban J connectivity index is 1.54. The van der Waals surface area contributed by atoms with Crippen LogP contribution < -0.4 is 5.32 Å². The molecule has 2 saturated heterocycles. The van der Waals surface area contributed by atoms with Crippen molar-refractivity contribution in [1.29, 1.82) is 0 Å². The van der Waals surface area contributed by atoms with Crippen LogP contribution in [0, 0.1) is 11.8 Å². The fourth-order valence-electron chi connectivity index (χ4n) is 3.58. The van der Waals surface area contributed by atoms with E-state index in [2.05, 4.69) is 10.2 Å². The lowest BCUT2D eigenvalue weighted by Crippen LogP contribution is -2.41. The molecule has 5 nitrogen and oxygen atoms in total. The predicted octanol–water partition coefficient (Wildman–Crippen LogP) is 0.802. The van der Waals surface area contributed by atoms with Crippen LogP contribution >= 0.6 is 0 Å². The largest absolute Gasteiger partial charge is 0.339 e. The maximum Gasteiger partial charge on any atom is 0.223 e. The predicted molar refractivity (Wildman–Crippen MR) is 81.7 cm³/mol. The van der Waals surface area contributed by atoms with Gasteiger partial charge in [0, 0.05) is 19.0 Å². The average Bonchev–Trinajstić information content (AvgIpc) is 3.22. The monoisotopic (exact) mass is 314 g/mol. The molecule has 0 bridgehead atoms. The minimum Gasteiger partial charge on any atom is -0.339 e. The molecule has 0 spiro atoms. The van der Waals surface area contributed by atoms with Gasteiger partial charge in [0.2, 0.25) is 5.91 Å². The third kappa shape index (κ3) is 4.19. The van der Waals surface area contributed by atoms with Gasteiger partial charge in [-0.1, -0.05) is 0 Å². The first-order chi connectivity index (χ1) is 10.0. The first-order valence-electron chi connectivity index (χ1n) is 8.24. The Kier molecular flexibility index (Phi) is 4.54. The van der Waals surface area contributed by atoms with E-state index >= 15 is 0 Å². The fraction of sp³-hybridized carbons (Fsp3) is 0.933. The number of sulfone groups is 1. The summed E-state index contributed by atoms with van der Waals surface area (Å²) in [5.41, 5.74) is 0. The van der Waals surface area contributed by atoms with Crippen molar-refractivity contribution in [2.75, 3.05) is 31.1 Å². The Bertz CT molecular complexity index is 481. The Morgan fingerprint density at radius 3 is 2.33 bits per heavy atom. The van der Waals surface area contributed by atoms with Gasteiger partial charge < -0.3 is 10.2 Å². The zero-order valence-electron chi connectivity index (χ0n) is 12.6. The second-order valence-electron chi connectivity index (χ2n) is 6.94. The minimum atomic E-state index is -2.88. The van der Waals surface area contributed by atoms with Crippen molar-refractivity contribution in [2.45, 2.75) is 44.6 Å². The number of carbonyl (C=O) groups excluding carboxylic acids is 1. The van der Waals surface area contributed by atoms with Crippen molar-refractivity contribution in [2.24, 2.45) is 11.8 Å². The van der Waals surface area contributed by atoms with Gasteiger partial charge in [-0.3, -0.25) is 4.79 Å². The first kappa shape index (κ1) is 15.3. The van der Waals surface area contributed by atoms with E-state index in [0.29, 0.717) is 24.8 Å². The van der Waals surface area contributed by atoms with Gasteiger partial charge in [-0.25, -0.2) is 8.42 Å². The Labute approximate surface area is 127 Å². The van der Waals surface area contributed by atoms with E-state index in [1.807, 2.05) is 0 Å². The summed E-state index contributed by atoms with van der Waals surface area (Å²) in [6.07, 6.45) is 5.64. The molecule has 0 radical (unpaired) electrons. The van der Waals surface area contributed by atoms with Gasteiger partial charge in [-0.05, 0) is 57.0 Å². The van der Waals surface area contributed by atoms with E-state index in [1.54, 1.807) is 0 Å². The highest BCUT2D eigenvalue weighted by molar-refractivity contribution is 7.91. The van der Waals surface area contributed by atoms with Crippen LogP contribution in [0.5, 0.6) is 0 Å². The van der Waals surface area contributed by atoms with Crippen molar-refractivity contribution < 1.29 is 13.2 Å². The van der Waals surface area contributed by atoms with E-state index in [0.717, 1.165) is 45.3 Å². The summed E-state index contributed by atoms with van der Waals surface area (Å²) >= 11 is 0. The SMILES string of the molecule is O=C(CC1CCS(=O)(=O)C1)N(CC1CCNCC1)C1CC1. The molecule has 1 amide bonds. The zero-order valence-corrected chi connectivity index (χ0v) is 13.4. The fourth-order valence-corrected chi connectivity index (χ4v) is 5.44. The van der Waals surface area contributed by atoms with Crippen LogP contribution in [0.4, 0.5) is 0 Å². The van der Waals surface area contributed by atoms with Crippen LogP contribution in [-0.2, 0) is 14.6 Å². The highest BCUT2D eigenvalue weighted by Gasteiger charge is 2.36. The molecule has 2 aliphatic heterocycles. The van der Waals surface area contributed by atoms with Crippen LogP contribution in [0.1, 0.15) is 38.5 Å². The smallest absolute Gasteiger partial charge is 0.223 e. The normalized spacial score (nSPS) is 29.4. The number of rotatable bonds is 5. The van der Waals surface area contributed by atoms with Crippen LogP contribution in [0.3, 0.4) is 0 Å². The zero-order chi connectivity index (χ0) is 14.9. The highest BCUT2D eigenvalue weighted by atomic mass is 32.2. The van der Waals surface area contributed by atoms with Gasteiger partial charge in [0.25, 0.3) is 0 Å². The molecule has 0 aromatic carbocycles. The molecule has 3 aliphatic rings. The quantitative estimate of drug-likeness (QED) is 0.815. The number of piperidine rings is 1. The number of hydrogen-bond acceptors (Lipinski definition) is 4. The van der Waals surface area contributed by atoms with Gasteiger partial charge in [0.15, 0.2) is 9.84 Å². The van der Waals surface area contributed by atoms with E-state index < -0.39 is 9.84 Å². The van der Waals surface area contributed by atoms with E-state index in [-0.39, 0.29) is 23.3 Å². The molecule has 3 fully saturated rings. The molecule has 1 saturated carbocycles. The van der Waals surface area contributed by atoms with Crippen molar-refractivity contribution in [1.82, 2.24) is 10.2 Å². The molecule has 1 atom stereocenters. The summed E-state index contributed by atoms with van der Waals surface area (Å²) < 4.78 is 23.0. The topological polar surface area (TPSA) is 66.5 Å². The molecule has 0 aromatic heterocycles.